The van der Waals surface area contributed by atoms with Crippen molar-refractivity contribution in [1.29, 1.82) is 0 Å². The van der Waals surface area contributed by atoms with Crippen LogP contribution in [0.1, 0.15) is 32.0 Å². The minimum atomic E-state index is -0.200. The van der Waals surface area contributed by atoms with Gasteiger partial charge < -0.3 is 10.5 Å². The molecule has 0 spiro atoms. The average molecular weight is 244 g/mol. The van der Waals surface area contributed by atoms with Crippen LogP contribution in [0.2, 0.25) is 0 Å². The van der Waals surface area contributed by atoms with Crippen molar-refractivity contribution in [2.45, 2.75) is 39.8 Å². The zero-order chi connectivity index (χ0) is 13.3. The van der Waals surface area contributed by atoms with Gasteiger partial charge in [-0.3, -0.25) is 4.98 Å². The summed E-state index contributed by atoms with van der Waals surface area (Å²) in [4.78, 5) is 4.51. The minimum Gasteiger partial charge on any atom is -0.488 e. The molecule has 0 amide bonds. The molecule has 1 aromatic carbocycles. The van der Waals surface area contributed by atoms with Crippen LogP contribution in [0.25, 0.3) is 10.9 Å². The largest absolute Gasteiger partial charge is 0.488 e. The predicted molar refractivity (Wildman–Crippen MR) is 74.8 cm³/mol. The molecule has 1 aromatic heterocycles. The third-order valence-electron chi connectivity index (χ3n) is 2.64. The summed E-state index contributed by atoms with van der Waals surface area (Å²) in [6.45, 7) is 8.61. The summed E-state index contributed by atoms with van der Waals surface area (Å²) in [5.41, 5.74) is 8.66. The van der Waals surface area contributed by atoms with Gasteiger partial charge >= 0.3 is 0 Å². The Hall–Kier alpha value is -1.61. The van der Waals surface area contributed by atoms with Gasteiger partial charge in [-0.2, -0.15) is 0 Å². The molecular weight excluding hydrogens is 224 g/mol. The van der Waals surface area contributed by atoms with Gasteiger partial charge in [-0.25, -0.2) is 0 Å². The van der Waals surface area contributed by atoms with E-state index in [1.807, 2.05) is 52.0 Å². The van der Waals surface area contributed by atoms with Gasteiger partial charge in [-0.1, -0.05) is 0 Å². The molecule has 0 saturated carbocycles. The predicted octanol–water partition coefficient (Wildman–Crippen LogP) is 3.18. The second-order valence-corrected chi connectivity index (χ2v) is 5.52. The molecule has 0 fully saturated rings. The van der Waals surface area contributed by atoms with Crippen LogP contribution in [-0.4, -0.2) is 10.6 Å². The van der Waals surface area contributed by atoms with Crippen molar-refractivity contribution >= 4 is 10.9 Å². The van der Waals surface area contributed by atoms with Crippen molar-refractivity contribution in [2.75, 3.05) is 0 Å². The smallest absolute Gasteiger partial charge is 0.120 e. The van der Waals surface area contributed by atoms with Crippen molar-refractivity contribution in [3.63, 3.8) is 0 Å². The molecule has 0 aliphatic carbocycles. The molecule has 1 heterocycles. The minimum absolute atomic E-state index is 0.200. The first-order chi connectivity index (χ1) is 8.39. The number of nitrogens with two attached hydrogens (primary N) is 1. The highest BCUT2D eigenvalue weighted by molar-refractivity contribution is 5.83. The van der Waals surface area contributed by atoms with E-state index >= 15 is 0 Å². The number of rotatable bonds is 2. The first kappa shape index (κ1) is 12.8. The second-order valence-electron chi connectivity index (χ2n) is 5.52. The Balaban J connectivity index is 2.53. The number of fused-ring (bicyclic) bond motifs is 1. The van der Waals surface area contributed by atoms with Crippen molar-refractivity contribution in [2.24, 2.45) is 5.73 Å². The number of ether oxygens (including phenoxy) is 1. The molecule has 0 radical (unpaired) electrons. The summed E-state index contributed by atoms with van der Waals surface area (Å²) in [5, 5.41) is 1.07. The van der Waals surface area contributed by atoms with E-state index in [4.69, 9.17) is 10.5 Å². The van der Waals surface area contributed by atoms with E-state index in [0.717, 1.165) is 27.9 Å². The highest BCUT2D eigenvalue weighted by Crippen LogP contribution is 2.25. The van der Waals surface area contributed by atoms with Gasteiger partial charge in [-0.05, 0) is 57.5 Å². The van der Waals surface area contributed by atoms with E-state index < -0.39 is 0 Å². The Labute approximate surface area is 108 Å². The fourth-order valence-electron chi connectivity index (χ4n) is 2.01. The summed E-state index contributed by atoms with van der Waals surface area (Å²) < 4.78 is 5.87. The Morgan fingerprint density at radius 2 is 1.94 bits per heavy atom. The molecule has 18 heavy (non-hydrogen) atoms. The number of pyridine rings is 1. The normalized spacial score (nSPS) is 11.8. The molecule has 3 nitrogen and oxygen atoms in total. The zero-order valence-electron chi connectivity index (χ0n) is 11.4. The molecular formula is C15H20N2O. The van der Waals surface area contributed by atoms with Crippen molar-refractivity contribution < 1.29 is 4.74 Å². The molecule has 0 aliphatic rings. The molecule has 3 heteroatoms. The van der Waals surface area contributed by atoms with E-state index in [0.29, 0.717) is 6.54 Å². The summed E-state index contributed by atoms with van der Waals surface area (Å²) in [6.07, 6.45) is 0. The molecule has 2 aromatic rings. The molecule has 0 bridgehead atoms. The fraction of sp³-hybridized carbons (Fsp3) is 0.400. The van der Waals surface area contributed by atoms with Gasteiger partial charge in [0.25, 0.3) is 0 Å². The van der Waals surface area contributed by atoms with E-state index in [9.17, 15) is 0 Å². The SMILES string of the molecule is Cc1cc(CN)c2cc(OC(C)(C)C)ccc2n1. The Bertz CT molecular complexity index is 570. The monoisotopic (exact) mass is 244 g/mol. The van der Waals surface area contributed by atoms with Crippen LogP contribution in [0, 0.1) is 6.92 Å². The zero-order valence-corrected chi connectivity index (χ0v) is 11.4. The Morgan fingerprint density at radius 3 is 2.56 bits per heavy atom. The van der Waals surface area contributed by atoms with Crippen LogP contribution < -0.4 is 10.5 Å². The molecule has 0 aliphatic heterocycles. The Morgan fingerprint density at radius 1 is 1.22 bits per heavy atom. The van der Waals surface area contributed by atoms with Crippen molar-refractivity contribution in [3.05, 3.63) is 35.5 Å². The van der Waals surface area contributed by atoms with E-state index in [1.165, 1.54) is 0 Å². The number of hydrogen-bond acceptors (Lipinski definition) is 3. The molecule has 0 atom stereocenters. The number of aryl methyl sites for hydroxylation is 1. The highest BCUT2D eigenvalue weighted by atomic mass is 16.5. The van der Waals surface area contributed by atoms with Gasteiger partial charge in [0, 0.05) is 17.6 Å². The Kier molecular flexibility index (Phi) is 3.26. The molecule has 0 unspecified atom stereocenters. The maximum absolute atomic E-state index is 5.87. The van der Waals surface area contributed by atoms with E-state index in [-0.39, 0.29) is 5.60 Å². The quantitative estimate of drug-likeness (QED) is 0.882. The van der Waals surface area contributed by atoms with Gasteiger partial charge in [0.05, 0.1) is 5.52 Å². The highest BCUT2D eigenvalue weighted by Gasteiger charge is 2.12. The summed E-state index contributed by atoms with van der Waals surface area (Å²) >= 11 is 0. The maximum Gasteiger partial charge on any atom is 0.120 e. The van der Waals surface area contributed by atoms with Crippen molar-refractivity contribution in [1.82, 2.24) is 4.98 Å². The standard InChI is InChI=1S/C15H20N2O/c1-10-7-11(9-16)13-8-12(18-15(2,3)4)5-6-14(13)17-10/h5-8H,9,16H2,1-4H3. The van der Waals surface area contributed by atoms with E-state index in [1.54, 1.807) is 0 Å². The lowest BCUT2D eigenvalue weighted by Crippen LogP contribution is -2.22. The third-order valence-corrected chi connectivity index (χ3v) is 2.64. The van der Waals surface area contributed by atoms with Gasteiger partial charge in [0.2, 0.25) is 0 Å². The molecule has 0 saturated heterocycles. The lowest BCUT2D eigenvalue weighted by atomic mass is 10.1. The number of aromatic nitrogens is 1. The van der Waals surface area contributed by atoms with Crippen LogP contribution in [0.5, 0.6) is 5.75 Å². The number of nitrogens with zero attached hydrogens (tertiary/aromatic N) is 1. The first-order valence-corrected chi connectivity index (χ1v) is 6.18. The first-order valence-electron chi connectivity index (χ1n) is 6.18. The topological polar surface area (TPSA) is 48.1 Å². The molecule has 2 N–H and O–H groups in total. The lowest BCUT2D eigenvalue weighted by Gasteiger charge is -2.21. The molecule has 2 rings (SSSR count). The van der Waals surface area contributed by atoms with Gasteiger partial charge in [-0.15, -0.1) is 0 Å². The molecule has 96 valence electrons. The average Bonchev–Trinajstić information content (AvgIpc) is 2.26. The van der Waals surface area contributed by atoms with Gasteiger partial charge in [0.15, 0.2) is 0 Å². The lowest BCUT2D eigenvalue weighted by molar-refractivity contribution is 0.131. The third kappa shape index (κ3) is 2.79. The second kappa shape index (κ2) is 4.58. The van der Waals surface area contributed by atoms with Crippen molar-refractivity contribution in [3.8, 4) is 5.75 Å². The summed E-state index contributed by atoms with van der Waals surface area (Å²) in [7, 11) is 0. The van der Waals surface area contributed by atoms with Crippen LogP contribution in [0.3, 0.4) is 0 Å². The van der Waals surface area contributed by atoms with Crippen LogP contribution in [0.15, 0.2) is 24.3 Å². The maximum atomic E-state index is 5.87. The fourth-order valence-corrected chi connectivity index (χ4v) is 2.01. The summed E-state index contributed by atoms with van der Waals surface area (Å²) in [6, 6.07) is 8.00. The summed E-state index contributed by atoms with van der Waals surface area (Å²) in [5.74, 6) is 0.857. The van der Waals surface area contributed by atoms with Gasteiger partial charge in [0.1, 0.15) is 11.4 Å². The number of benzene rings is 1. The van der Waals surface area contributed by atoms with Crippen LogP contribution >= 0.6 is 0 Å². The number of hydrogen-bond donors (Lipinski definition) is 1. The van der Waals surface area contributed by atoms with Crippen LogP contribution in [-0.2, 0) is 6.54 Å². The van der Waals surface area contributed by atoms with E-state index in [2.05, 4.69) is 4.98 Å². The van der Waals surface area contributed by atoms with Crippen LogP contribution in [0.4, 0.5) is 0 Å².